The van der Waals surface area contributed by atoms with E-state index in [1.165, 1.54) is 10.6 Å². The molecule has 0 saturated carbocycles. The highest BCUT2D eigenvalue weighted by atomic mass is 79.9. The Labute approximate surface area is 196 Å². The third-order valence-corrected chi connectivity index (χ3v) is 8.65. The predicted molar refractivity (Wildman–Crippen MR) is 131 cm³/mol. The van der Waals surface area contributed by atoms with Crippen LogP contribution in [-0.4, -0.2) is 45.5 Å². The number of rotatable bonds is 7. The minimum Gasteiger partial charge on any atom is -0.369 e. The first-order chi connectivity index (χ1) is 14.9. The summed E-state index contributed by atoms with van der Waals surface area (Å²) in [5, 5.41) is 2.05. The number of nitrogens with one attached hydrogen (secondary N) is 1. The predicted octanol–water partition coefficient (Wildman–Crippen LogP) is 4.74. The van der Waals surface area contributed by atoms with Crippen molar-refractivity contribution < 1.29 is 8.42 Å². The zero-order chi connectivity index (χ0) is 21.8. The number of anilines is 1. The molecular formula is C23H26BrN3O2S2. The first-order valence-electron chi connectivity index (χ1n) is 10.3. The van der Waals surface area contributed by atoms with Gasteiger partial charge in [-0.1, -0.05) is 40.2 Å². The topological polar surface area (TPSA) is 52.7 Å². The molecule has 1 aliphatic heterocycles. The summed E-state index contributed by atoms with van der Waals surface area (Å²) in [6.07, 6.45) is 0. The number of piperazine rings is 1. The van der Waals surface area contributed by atoms with Crippen molar-refractivity contribution in [2.75, 3.05) is 31.1 Å². The van der Waals surface area contributed by atoms with Gasteiger partial charge in [0.1, 0.15) is 0 Å². The first kappa shape index (κ1) is 22.5. The summed E-state index contributed by atoms with van der Waals surface area (Å²) < 4.78 is 29.8. The molecule has 1 N–H and O–H groups in total. The lowest BCUT2D eigenvalue weighted by molar-refractivity contribution is 0.164. The van der Waals surface area contributed by atoms with E-state index in [4.69, 9.17) is 0 Å². The van der Waals surface area contributed by atoms with Crippen LogP contribution in [0, 0.1) is 0 Å². The lowest BCUT2D eigenvalue weighted by Crippen LogP contribution is -2.52. The summed E-state index contributed by atoms with van der Waals surface area (Å²) in [5.41, 5.74) is 1.24. The van der Waals surface area contributed by atoms with Crippen molar-refractivity contribution in [1.29, 1.82) is 0 Å². The smallest absolute Gasteiger partial charge is 0.240 e. The van der Waals surface area contributed by atoms with Gasteiger partial charge in [0.15, 0.2) is 0 Å². The van der Waals surface area contributed by atoms with Crippen LogP contribution in [0.1, 0.15) is 17.8 Å². The molecule has 1 saturated heterocycles. The Bertz CT molecular complexity index is 1070. The van der Waals surface area contributed by atoms with Gasteiger partial charge in [-0.3, -0.25) is 4.90 Å². The lowest BCUT2D eigenvalue weighted by Gasteiger charge is -2.42. The molecule has 31 heavy (non-hydrogen) atoms. The van der Waals surface area contributed by atoms with E-state index in [1.54, 1.807) is 35.6 Å². The molecule has 164 valence electrons. The molecule has 0 spiro atoms. The molecule has 0 unspecified atom stereocenters. The van der Waals surface area contributed by atoms with Gasteiger partial charge in [0.25, 0.3) is 0 Å². The van der Waals surface area contributed by atoms with Crippen LogP contribution >= 0.6 is 27.3 Å². The van der Waals surface area contributed by atoms with Crippen LogP contribution < -0.4 is 9.62 Å². The maximum Gasteiger partial charge on any atom is 0.240 e. The van der Waals surface area contributed by atoms with E-state index >= 15 is 0 Å². The van der Waals surface area contributed by atoms with E-state index in [0.29, 0.717) is 0 Å². The maximum absolute atomic E-state index is 13.0. The fraction of sp³-hybridized carbons (Fsp3) is 0.304. The van der Waals surface area contributed by atoms with Crippen molar-refractivity contribution in [3.8, 4) is 0 Å². The van der Waals surface area contributed by atoms with E-state index in [-0.39, 0.29) is 17.0 Å². The second-order valence-corrected chi connectivity index (χ2v) is 11.3. The molecule has 0 aliphatic carbocycles. The normalized spacial score (nSPS) is 17.4. The van der Waals surface area contributed by atoms with Gasteiger partial charge in [0.2, 0.25) is 10.0 Å². The molecule has 3 aromatic rings. The van der Waals surface area contributed by atoms with Gasteiger partial charge in [-0.05, 0) is 54.8 Å². The van der Waals surface area contributed by atoms with Crippen molar-refractivity contribution in [1.82, 2.24) is 9.62 Å². The number of thiophene rings is 1. The van der Waals surface area contributed by atoms with Crippen molar-refractivity contribution in [3.05, 3.63) is 81.5 Å². The van der Waals surface area contributed by atoms with Crippen molar-refractivity contribution in [2.24, 2.45) is 0 Å². The highest BCUT2D eigenvalue weighted by Gasteiger charge is 2.32. The lowest BCUT2D eigenvalue weighted by atomic mass is 10.1. The number of halogens is 1. The Hall–Kier alpha value is -1.71. The van der Waals surface area contributed by atoms with Crippen LogP contribution in [0.3, 0.4) is 0 Å². The molecule has 1 aliphatic rings. The molecule has 4 rings (SSSR count). The highest BCUT2D eigenvalue weighted by molar-refractivity contribution is 9.10. The van der Waals surface area contributed by atoms with Gasteiger partial charge in [-0.15, -0.1) is 11.3 Å². The van der Waals surface area contributed by atoms with Gasteiger partial charge in [-0.25, -0.2) is 13.1 Å². The van der Waals surface area contributed by atoms with E-state index in [1.807, 2.05) is 19.1 Å². The van der Waals surface area contributed by atoms with Gasteiger partial charge in [-0.2, -0.15) is 0 Å². The van der Waals surface area contributed by atoms with E-state index in [0.717, 1.165) is 30.7 Å². The van der Waals surface area contributed by atoms with Crippen LogP contribution in [0.25, 0.3) is 0 Å². The van der Waals surface area contributed by atoms with Crippen LogP contribution in [-0.2, 0) is 10.0 Å². The second kappa shape index (κ2) is 9.83. The van der Waals surface area contributed by atoms with Gasteiger partial charge >= 0.3 is 0 Å². The summed E-state index contributed by atoms with van der Waals surface area (Å²) in [4.78, 5) is 6.25. The fourth-order valence-corrected chi connectivity index (χ4v) is 6.57. The van der Waals surface area contributed by atoms with Gasteiger partial charge in [0, 0.05) is 47.3 Å². The molecule has 0 bridgehead atoms. The zero-order valence-electron chi connectivity index (χ0n) is 17.3. The number of benzene rings is 2. The van der Waals surface area contributed by atoms with Crippen molar-refractivity contribution >= 4 is 43.0 Å². The zero-order valence-corrected chi connectivity index (χ0v) is 20.5. The highest BCUT2D eigenvalue weighted by Crippen LogP contribution is 2.31. The van der Waals surface area contributed by atoms with E-state index in [9.17, 15) is 8.42 Å². The molecule has 2 aromatic carbocycles. The minimum absolute atomic E-state index is 0.0110. The molecule has 0 radical (unpaired) electrons. The average Bonchev–Trinajstić information content (AvgIpc) is 3.29. The van der Waals surface area contributed by atoms with Gasteiger partial charge < -0.3 is 4.90 Å². The van der Waals surface area contributed by atoms with E-state index in [2.05, 4.69) is 66.2 Å². The van der Waals surface area contributed by atoms with Crippen LogP contribution in [0.4, 0.5) is 5.69 Å². The van der Waals surface area contributed by atoms with Crippen LogP contribution in [0.15, 0.2) is 81.5 Å². The molecule has 5 nitrogen and oxygen atoms in total. The Morgan fingerprint density at radius 2 is 1.61 bits per heavy atom. The molecule has 1 fully saturated rings. The fourth-order valence-electron chi connectivity index (χ4n) is 4.09. The van der Waals surface area contributed by atoms with Crippen LogP contribution in [0.2, 0.25) is 0 Å². The summed E-state index contributed by atoms with van der Waals surface area (Å²) in [6, 6.07) is 21.0. The van der Waals surface area contributed by atoms with E-state index < -0.39 is 10.0 Å². The number of sulfonamides is 1. The summed E-state index contributed by atoms with van der Waals surface area (Å²) in [5.74, 6) is 0. The third-order valence-electron chi connectivity index (χ3n) is 5.60. The molecule has 0 amide bonds. The molecule has 1 aromatic heterocycles. The molecule has 2 atom stereocenters. The maximum atomic E-state index is 13.0. The van der Waals surface area contributed by atoms with Crippen LogP contribution in [0.5, 0.6) is 0 Å². The minimum atomic E-state index is -3.61. The Balaban J connectivity index is 1.50. The Morgan fingerprint density at radius 1 is 0.935 bits per heavy atom. The summed E-state index contributed by atoms with van der Waals surface area (Å²) in [7, 11) is -3.61. The van der Waals surface area contributed by atoms with Gasteiger partial charge in [0.05, 0.1) is 10.9 Å². The molecular weight excluding hydrogens is 494 g/mol. The monoisotopic (exact) mass is 519 g/mol. The molecule has 8 heteroatoms. The number of para-hydroxylation sites is 1. The standard InChI is InChI=1S/C23H26BrN3O2S2/c1-18(25-31(28,29)21-11-9-19(24)10-12-21)23(22-8-5-17-30-22)27-15-13-26(14-16-27)20-6-3-2-4-7-20/h2-12,17-18,23,25H,13-16H2,1H3/t18-,23-/m1/s1. The van der Waals surface area contributed by atoms with Crippen molar-refractivity contribution in [2.45, 2.75) is 23.9 Å². The Kier molecular flexibility index (Phi) is 7.13. The number of nitrogens with zero attached hydrogens (tertiary/aromatic N) is 2. The second-order valence-electron chi connectivity index (χ2n) is 7.68. The molecule has 2 heterocycles. The Morgan fingerprint density at radius 3 is 2.23 bits per heavy atom. The average molecular weight is 521 g/mol. The first-order valence-corrected chi connectivity index (χ1v) is 13.4. The summed E-state index contributed by atoms with van der Waals surface area (Å²) >= 11 is 5.04. The quantitative estimate of drug-likeness (QED) is 0.489. The SMILES string of the molecule is C[C@@H](NS(=O)(=O)c1ccc(Br)cc1)[C@H](c1cccs1)N1CCN(c2ccccc2)CC1. The van der Waals surface area contributed by atoms with Crippen molar-refractivity contribution in [3.63, 3.8) is 0 Å². The number of hydrogen-bond acceptors (Lipinski definition) is 5. The largest absolute Gasteiger partial charge is 0.369 e. The third kappa shape index (κ3) is 5.38. The number of hydrogen-bond donors (Lipinski definition) is 1. The summed E-state index contributed by atoms with van der Waals surface area (Å²) in [6.45, 7) is 5.55.